The first-order valence-electron chi connectivity index (χ1n) is 3.64. The lowest BCUT2D eigenvalue weighted by Gasteiger charge is -2.06. The van der Waals surface area contributed by atoms with E-state index in [4.69, 9.17) is 16.7 Å². The van der Waals surface area contributed by atoms with Crippen molar-refractivity contribution in [1.29, 1.82) is 0 Å². The largest absolute Gasteiger partial charge is 0.478 e. The molecule has 70 valence electrons. The van der Waals surface area contributed by atoms with Gasteiger partial charge in [-0.15, -0.1) is 0 Å². The maximum atomic E-state index is 10.8. The van der Waals surface area contributed by atoms with Crippen LogP contribution in [0.5, 0.6) is 0 Å². The maximum Gasteiger partial charge on any atom is 0.336 e. The molecule has 2 nitrogen and oxygen atoms in total. The number of carboxylic acid groups (broad SMARTS) is 1. The Kier molecular flexibility index (Phi) is 3.33. The van der Waals surface area contributed by atoms with Crippen LogP contribution in [0.3, 0.4) is 0 Å². The lowest BCUT2D eigenvalue weighted by atomic mass is 10.1. The Hall–Kier alpha value is -0.540. The monoisotopic (exact) mass is 262 g/mol. The highest BCUT2D eigenvalue weighted by Gasteiger charge is 2.12. The molecule has 0 aliphatic carbocycles. The van der Waals surface area contributed by atoms with E-state index in [9.17, 15) is 4.79 Å². The fraction of sp³-hybridized carbons (Fsp3) is 0.222. The molecule has 0 saturated heterocycles. The lowest BCUT2D eigenvalue weighted by molar-refractivity contribution is 0.0696. The smallest absolute Gasteiger partial charge is 0.336 e. The van der Waals surface area contributed by atoms with E-state index in [0.29, 0.717) is 15.9 Å². The van der Waals surface area contributed by atoms with E-state index in [1.165, 1.54) is 0 Å². The maximum absolute atomic E-state index is 10.8. The molecule has 0 atom stereocenters. The summed E-state index contributed by atoms with van der Waals surface area (Å²) in [5.41, 5.74) is 1.74. The first-order valence-corrected chi connectivity index (χ1v) is 5.14. The van der Waals surface area contributed by atoms with Gasteiger partial charge in [0.05, 0.1) is 5.56 Å². The second-order valence-corrected chi connectivity index (χ2v) is 3.68. The number of alkyl halides is 1. The third-order valence-corrected chi connectivity index (χ3v) is 2.60. The van der Waals surface area contributed by atoms with Crippen LogP contribution in [-0.2, 0) is 5.33 Å². The van der Waals surface area contributed by atoms with Crippen LogP contribution >= 0.6 is 27.5 Å². The molecule has 0 bridgehead atoms. The molecule has 0 aliphatic heterocycles. The Balaban J connectivity index is 3.38. The van der Waals surface area contributed by atoms with E-state index in [1.807, 2.05) is 6.92 Å². The van der Waals surface area contributed by atoms with Crippen LogP contribution < -0.4 is 0 Å². The third kappa shape index (κ3) is 2.23. The zero-order valence-corrected chi connectivity index (χ0v) is 9.32. The van der Waals surface area contributed by atoms with Crippen molar-refractivity contribution in [3.05, 3.63) is 33.8 Å². The van der Waals surface area contributed by atoms with Crippen molar-refractivity contribution in [3.8, 4) is 0 Å². The van der Waals surface area contributed by atoms with E-state index < -0.39 is 5.97 Å². The fourth-order valence-electron chi connectivity index (χ4n) is 1.10. The zero-order valence-electron chi connectivity index (χ0n) is 6.97. The van der Waals surface area contributed by atoms with E-state index in [2.05, 4.69) is 15.9 Å². The molecule has 0 fully saturated rings. The van der Waals surface area contributed by atoms with Crippen molar-refractivity contribution in [3.63, 3.8) is 0 Å². The molecule has 0 spiro atoms. The first-order chi connectivity index (χ1) is 6.06. The molecule has 4 heteroatoms. The van der Waals surface area contributed by atoms with Gasteiger partial charge in [-0.1, -0.05) is 27.5 Å². The average molecular weight is 264 g/mol. The van der Waals surface area contributed by atoms with Crippen molar-refractivity contribution in [2.75, 3.05) is 0 Å². The summed E-state index contributed by atoms with van der Waals surface area (Å²) in [4.78, 5) is 10.8. The predicted octanol–water partition coefficient (Wildman–Crippen LogP) is 3.24. The van der Waals surface area contributed by atoms with E-state index in [0.717, 1.165) is 5.56 Å². The summed E-state index contributed by atoms with van der Waals surface area (Å²) in [6, 6.07) is 3.37. The fourth-order valence-corrected chi connectivity index (χ4v) is 2.20. The highest BCUT2D eigenvalue weighted by Crippen LogP contribution is 2.24. The molecule has 0 amide bonds. The van der Waals surface area contributed by atoms with Crippen LogP contribution in [0.2, 0.25) is 5.02 Å². The van der Waals surface area contributed by atoms with E-state index in [-0.39, 0.29) is 5.56 Å². The molecule has 0 heterocycles. The highest BCUT2D eigenvalue weighted by atomic mass is 79.9. The molecule has 1 aromatic carbocycles. The highest BCUT2D eigenvalue weighted by molar-refractivity contribution is 9.08. The third-order valence-electron chi connectivity index (χ3n) is 1.70. The van der Waals surface area contributed by atoms with Gasteiger partial charge < -0.3 is 5.11 Å². The van der Waals surface area contributed by atoms with Crippen LogP contribution in [0.4, 0.5) is 0 Å². The molecule has 0 saturated carbocycles. The normalized spacial score (nSPS) is 10.1. The number of rotatable bonds is 2. The van der Waals surface area contributed by atoms with Gasteiger partial charge in [-0.3, -0.25) is 0 Å². The van der Waals surface area contributed by atoms with Gasteiger partial charge in [-0.05, 0) is 30.2 Å². The Bertz CT molecular complexity index is 350. The molecule has 1 rings (SSSR count). The molecule has 1 aromatic rings. The van der Waals surface area contributed by atoms with Crippen molar-refractivity contribution < 1.29 is 9.90 Å². The van der Waals surface area contributed by atoms with Crippen LogP contribution in [0.1, 0.15) is 21.5 Å². The summed E-state index contributed by atoms with van der Waals surface area (Å²) in [7, 11) is 0. The quantitative estimate of drug-likeness (QED) is 0.832. The Morgan fingerprint density at radius 2 is 2.23 bits per heavy atom. The van der Waals surface area contributed by atoms with Gasteiger partial charge >= 0.3 is 5.97 Å². The van der Waals surface area contributed by atoms with E-state index in [1.54, 1.807) is 12.1 Å². The molecule has 0 aromatic heterocycles. The summed E-state index contributed by atoms with van der Waals surface area (Å²) < 4.78 is 0. The van der Waals surface area contributed by atoms with E-state index >= 15 is 0 Å². The Morgan fingerprint density at radius 3 is 2.69 bits per heavy atom. The van der Waals surface area contributed by atoms with Gasteiger partial charge in [0.2, 0.25) is 0 Å². The van der Waals surface area contributed by atoms with Crippen molar-refractivity contribution >= 4 is 33.5 Å². The number of hydrogen-bond acceptors (Lipinski definition) is 1. The minimum Gasteiger partial charge on any atom is -0.478 e. The molecule has 1 N–H and O–H groups in total. The van der Waals surface area contributed by atoms with Crippen LogP contribution in [0, 0.1) is 6.92 Å². The number of benzene rings is 1. The number of carbonyl (C=O) groups is 1. The summed E-state index contributed by atoms with van der Waals surface area (Å²) in [5.74, 6) is -0.944. The Labute approximate surface area is 89.7 Å². The number of hydrogen-bond donors (Lipinski definition) is 1. The number of aryl methyl sites for hydroxylation is 1. The topological polar surface area (TPSA) is 37.3 Å². The molecular formula is C9H8BrClO2. The average Bonchev–Trinajstić information content (AvgIpc) is 2.02. The van der Waals surface area contributed by atoms with Crippen LogP contribution in [0.25, 0.3) is 0 Å². The number of carboxylic acids is 1. The second-order valence-electron chi connectivity index (χ2n) is 2.71. The van der Waals surface area contributed by atoms with Gasteiger partial charge in [-0.25, -0.2) is 4.79 Å². The van der Waals surface area contributed by atoms with Crippen molar-refractivity contribution in [2.45, 2.75) is 12.3 Å². The van der Waals surface area contributed by atoms with Gasteiger partial charge in [0, 0.05) is 10.4 Å². The molecule has 0 aliphatic rings. The zero-order chi connectivity index (χ0) is 10.0. The summed E-state index contributed by atoms with van der Waals surface area (Å²) in [6.07, 6.45) is 0. The molecule has 13 heavy (non-hydrogen) atoms. The van der Waals surface area contributed by atoms with Gasteiger partial charge in [0.1, 0.15) is 0 Å². The summed E-state index contributed by atoms with van der Waals surface area (Å²) in [5, 5.41) is 9.81. The number of aromatic carboxylic acids is 1. The van der Waals surface area contributed by atoms with Crippen LogP contribution in [-0.4, -0.2) is 11.1 Å². The molecule has 0 radical (unpaired) electrons. The predicted molar refractivity (Wildman–Crippen MR) is 55.8 cm³/mol. The molecule has 0 unspecified atom stereocenters. The lowest BCUT2D eigenvalue weighted by Crippen LogP contribution is -2.02. The first kappa shape index (κ1) is 10.5. The number of halogens is 2. The Morgan fingerprint density at radius 1 is 1.62 bits per heavy atom. The minimum absolute atomic E-state index is 0.266. The summed E-state index contributed by atoms with van der Waals surface area (Å²) in [6.45, 7) is 1.82. The second kappa shape index (κ2) is 4.11. The van der Waals surface area contributed by atoms with Gasteiger partial charge in [0.15, 0.2) is 0 Å². The van der Waals surface area contributed by atoms with Gasteiger partial charge in [0.25, 0.3) is 0 Å². The van der Waals surface area contributed by atoms with Crippen molar-refractivity contribution in [1.82, 2.24) is 0 Å². The SMILES string of the molecule is Cc1cc(Cl)c(CBr)c(C(=O)O)c1. The molecular weight excluding hydrogens is 255 g/mol. The standard InChI is InChI=1S/C9H8BrClO2/c1-5-2-6(9(12)13)7(4-10)8(11)3-5/h2-3H,4H2,1H3,(H,12,13). The minimum atomic E-state index is -0.944. The van der Waals surface area contributed by atoms with Crippen LogP contribution in [0.15, 0.2) is 12.1 Å². The van der Waals surface area contributed by atoms with Gasteiger partial charge in [-0.2, -0.15) is 0 Å². The summed E-state index contributed by atoms with van der Waals surface area (Å²) >= 11 is 9.09. The van der Waals surface area contributed by atoms with Crippen molar-refractivity contribution in [2.24, 2.45) is 0 Å².